The van der Waals surface area contributed by atoms with Crippen LogP contribution in [-0.2, 0) is 11.3 Å². The quantitative estimate of drug-likeness (QED) is 0.581. The number of benzene rings is 1. The predicted octanol–water partition coefficient (Wildman–Crippen LogP) is 2.02. The third kappa shape index (κ3) is 4.55. The van der Waals surface area contributed by atoms with E-state index in [0.717, 1.165) is 11.4 Å². The molecular formula is C17H22N3O4S+. The average molecular weight is 364 g/mol. The molecular weight excluding hydrogens is 342 g/mol. The Morgan fingerprint density at radius 1 is 1.44 bits per heavy atom. The second-order valence-electron chi connectivity index (χ2n) is 5.90. The molecule has 8 heteroatoms. The SMILES string of the molecule is COc1cc([N+](=O)[O-])ccc1NC(=O)[C@@H](C)[NH+](C)Cc1sccc1C. The molecule has 0 fully saturated rings. The van der Waals surface area contributed by atoms with E-state index in [4.69, 9.17) is 4.74 Å². The van der Waals surface area contributed by atoms with E-state index in [1.165, 1.54) is 35.7 Å². The highest BCUT2D eigenvalue weighted by atomic mass is 32.1. The van der Waals surface area contributed by atoms with E-state index >= 15 is 0 Å². The molecule has 1 aromatic carbocycles. The Morgan fingerprint density at radius 3 is 2.72 bits per heavy atom. The number of carbonyl (C=O) groups is 1. The van der Waals surface area contributed by atoms with Gasteiger partial charge in [0.15, 0.2) is 6.04 Å². The van der Waals surface area contributed by atoms with Crippen LogP contribution in [0.3, 0.4) is 0 Å². The van der Waals surface area contributed by atoms with Gasteiger partial charge in [-0.1, -0.05) is 0 Å². The van der Waals surface area contributed by atoms with Crippen LogP contribution in [0.5, 0.6) is 5.75 Å². The van der Waals surface area contributed by atoms with Crippen molar-refractivity contribution >= 4 is 28.6 Å². The number of thiophene rings is 1. The summed E-state index contributed by atoms with van der Waals surface area (Å²) in [6, 6.07) is 5.90. The van der Waals surface area contributed by atoms with E-state index in [2.05, 4.69) is 18.3 Å². The summed E-state index contributed by atoms with van der Waals surface area (Å²) in [4.78, 5) is 25.2. The average Bonchev–Trinajstić information content (AvgIpc) is 2.98. The van der Waals surface area contributed by atoms with Gasteiger partial charge >= 0.3 is 0 Å². The minimum atomic E-state index is -0.502. The van der Waals surface area contributed by atoms with E-state index in [1.54, 1.807) is 11.3 Å². The first-order valence-corrected chi connectivity index (χ1v) is 8.70. The van der Waals surface area contributed by atoms with Gasteiger partial charge in [0.05, 0.1) is 35.7 Å². The van der Waals surface area contributed by atoms with E-state index in [1.807, 2.05) is 19.4 Å². The molecule has 134 valence electrons. The molecule has 1 amide bonds. The summed E-state index contributed by atoms with van der Waals surface area (Å²) >= 11 is 1.68. The van der Waals surface area contributed by atoms with Crippen LogP contribution in [0.1, 0.15) is 17.4 Å². The molecule has 0 aliphatic heterocycles. The minimum Gasteiger partial charge on any atom is -0.494 e. The molecule has 1 unspecified atom stereocenters. The Kier molecular flexibility index (Phi) is 6.11. The Hall–Kier alpha value is -2.45. The van der Waals surface area contributed by atoms with Gasteiger partial charge < -0.3 is 15.0 Å². The topological polar surface area (TPSA) is 85.9 Å². The number of nitrogens with zero attached hydrogens (tertiary/aromatic N) is 1. The minimum absolute atomic E-state index is 0.0844. The van der Waals surface area contributed by atoms with E-state index in [0.29, 0.717) is 5.69 Å². The lowest BCUT2D eigenvalue weighted by molar-refractivity contribution is -0.907. The lowest BCUT2D eigenvalue weighted by Crippen LogP contribution is -3.12. The first kappa shape index (κ1) is 18.9. The van der Waals surface area contributed by atoms with E-state index < -0.39 is 4.92 Å². The summed E-state index contributed by atoms with van der Waals surface area (Å²) in [5, 5.41) is 15.7. The van der Waals surface area contributed by atoms with Crippen molar-refractivity contribution in [3.63, 3.8) is 0 Å². The molecule has 1 heterocycles. The number of carbonyl (C=O) groups excluding carboxylic acids is 1. The molecule has 2 rings (SSSR count). The molecule has 2 aromatic rings. The van der Waals surface area contributed by atoms with Crippen LogP contribution < -0.4 is 15.0 Å². The van der Waals surface area contributed by atoms with Crippen molar-refractivity contribution in [1.82, 2.24) is 0 Å². The number of nitro groups is 1. The Balaban J connectivity index is 2.07. The van der Waals surface area contributed by atoms with Crippen LogP contribution in [0, 0.1) is 17.0 Å². The van der Waals surface area contributed by atoms with Gasteiger partial charge in [-0.3, -0.25) is 14.9 Å². The molecule has 0 saturated carbocycles. The summed E-state index contributed by atoms with van der Waals surface area (Å²) in [5.74, 6) is 0.0976. The molecule has 0 saturated heterocycles. The van der Waals surface area contributed by atoms with Gasteiger partial charge in [-0.2, -0.15) is 0 Å². The lowest BCUT2D eigenvalue weighted by Gasteiger charge is -2.21. The third-order valence-corrected chi connectivity index (χ3v) is 5.22. The zero-order valence-corrected chi connectivity index (χ0v) is 15.5. The van der Waals surface area contributed by atoms with Gasteiger partial charge in [0.1, 0.15) is 12.3 Å². The van der Waals surface area contributed by atoms with Crippen LogP contribution in [0.25, 0.3) is 0 Å². The highest BCUT2D eigenvalue weighted by molar-refractivity contribution is 7.10. The van der Waals surface area contributed by atoms with Crippen LogP contribution in [0.4, 0.5) is 11.4 Å². The summed E-state index contributed by atoms with van der Waals surface area (Å²) < 4.78 is 5.15. The fourth-order valence-corrected chi connectivity index (χ4v) is 3.35. The molecule has 0 radical (unpaired) electrons. The van der Waals surface area contributed by atoms with Gasteiger partial charge in [-0.15, -0.1) is 11.3 Å². The second kappa shape index (κ2) is 8.09. The summed E-state index contributed by atoms with van der Waals surface area (Å²) in [6.45, 7) is 4.67. The molecule has 7 nitrogen and oxygen atoms in total. The summed E-state index contributed by atoms with van der Waals surface area (Å²) in [5.41, 5.74) is 1.57. The van der Waals surface area contributed by atoms with E-state index in [9.17, 15) is 14.9 Å². The largest absolute Gasteiger partial charge is 0.494 e. The number of rotatable bonds is 7. The number of anilines is 1. The Bertz CT molecular complexity index is 775. The first-order valence-electron chi connectivity index (χ1n) is 7.82. The van der Waals surface area contributed by atoms with Crippen molar-refractivity contribution in [1.29, 1.82) is 0 Å². The fraction of sp³-hybridized carbons (Fsp3) is 0.353. The normalized spacial score (nSPS) is 13.1. The number of non-ortho nitro benzene ring substituents is 1. The number of hydrogen-bond acceptors (Lipinski definition) is 5. The summed E-state index contributed by atoms with van der Waals surface area (Å²) in [7, 11) is 3.38. The van der Waals surface area contributed by atoms with E-state index in [-0.39, 0.29) is 23.4 Å². The van der Waals surface area contributed by atoms with Crippen molar-refractivity contribution in [3.8, 4) is 5.75 Å². The highest BCUT2D eigenvalue weighted by Crippen LogP contribution is 2.29. The maximum atomic E-state index is 12.5. The van der Waals surface area contributed by atoms with Crippen LogP contribution in [-0.4, -0.2) is 31.0 Å². The predicted molar refractivity (Wildman–Crippen MR) is 97.4 cm³/mol. The fourth-order valence-electron chi connectivity index (χ4n) is 2.35. The van der Waals surface area contributed by atoms with Gasteiger partial charge in [0.2, 0.25) is 0 Å². The van der Waals surface area contributed by atoms with Crippen molar-refractivity contribution in [2.45, 2.75) is 26.4 Å². The van der Waals surface area contributed by atoms with Gasteiger partial charge in [0, 0.05) is 6.07 Å². The third-order valence-electron chi connectivity index (χ3n) is 4.19. The number of nitrogens with one attached hydrogen (secondary N) is 2. The van der Waals surface area contributed by atoms with Crippen LogP contribution in [0.15, 0.2) is 29.6 Å². The number of quaternary nitrogens is 1. The number of methoxy groups -OCH3 is 1. The molecule has 0 aliphatic rings. The molecule has 0 bridgehead atoms. The maximum Gasteiger partial charge on any atom is 0.282 e. The number of ether oxygens (including phenoxy) is 1. The number of amides is 1. The number of nitro benzene ring substituents is 1. The van der Waals surface area contributed by atoms with Gasteiger partial charge in [-0.05, 0) is 36.9 Å². The van der Waals surface area contributed by atoms with Crippen molar-refractivity contribution < 1.29 is 19.4 Å². The lowest BCUT2D eigenvalue weighted by atomic mass is 10.2. The first-order chi connectivity index (χ1) is 11.8. The highest BCUT2D eigenvalue weighted by Gasteiger charge is 2.24. The van der Waals surface area contributed by atoms with Crippen LogP contribution in [0.2, 0.25) is 0 Å². The number of aryl methyl sites for hydroxylation is 1. The van der Waals surface area contributed by atoms with Gasteiger partial charge in [-0.25, -0.2) is 0 Å². The Morgan fingerprint density at radius 2 is 2.16 bits per heavy atom. The molecule has 0 aliphatic carbocycles. The number of hydrogen-bond donors (Lipinski definition) is 2. The zero-order chi connectivity index (χ0) is 18.6. The molecule has 25 heavy (non-hydrogen) atoms. The standard InChI is InChI=1S/C17H21N3O4S/c1-11-7-8-25-16(11)10-19(3)12(2)17(21)18-14-6-5-13(20(22)23)9-15(14)24-4/h5-9,12H,10H2,1-4H3,(H,18,21)/p+1/t12-/m1/s1. The smallest absolute Gasteiger partial charge is 0.282 e. The van der Waals surface area contributed by atoms with Crippen molar-refractivity contribution in [2.24, 2.45) is 0 Å². The van der Waals surface area contributed by atoms with Crippen LogP contribution >= 0.6 is 11.3 Å². The molecule has 2 N–H and O–H groups in total. The second-order valence-corrected chi connectivity index (χ2v) is 6.90. The molecule has 2 atom stereocenters. The van der Waals surface area contributed by atoms with Crippen molar-refractivity contribution in [3.05, 3.63) is 50.2 Å². The van der Waals surface area contributed by atoms with Crippen molar-refractivity contribution in [2.75, 3.05) is 19.5 Å². The van der Waals surface area contributed by atoms with Gasteiger partial charge in [0.25, 0.3) is 11.6 Å². The maximum absolute atomic E-state index is 12.5. The Labute approximate surface area is 150 Å². The molecule has 1 aromatic heterocycles. The number of likely N-dealkylation sites (N-methyl/N-ethyl adjacent to an activating group) is 1. The monoisotopic (exact) mass is 364 g/mol. The molecule has 0 spiro atoms. The zero-order valence-electron chi connectivity index (χ0n) is 14.7. The summed E-state index contributed by atoms with van der Waals surface area (Å²) in [6.07, 6.45) is 0.